The highest BCUT2D eigenvalue weighted by molar-refractivity contribution is 6.35. The molecule has 0 fully saturated rings. The van der Waals surface area contributed by atoms with Crippen LogP contribution < -0.4 is 20.7 Å². The average molecular weight is 506 g/mol. The summed E-state index contributed by atoms with van der Waals surface area (Å²) in [5.41, 5.74) is 9.07. The van der Waals surface area contributed by atoms with Crippen molar-refractivity contribution in [3.05, 3.63) is 83.7 Å². The molecule has 37 heavy (non-hydrogen) atoms. The van der Waals surface area contributed by atoms with Crippen LogP contribution in [0.15, 0.2) is 67.0 Å². The Morgan fingerprint density at radius 3 is 2.35 bits per heavy atom. The Morgan fingerprint density at radius 2 is 1.59 bits per heavy atom. The number of amides is 2. The predicted molar refractivity (Wildman–Crippen MR) is 143 cm³/mol. The number of aromatic hydroxyl groups is 2. The zero-order valence-electron chi connectivity index (χ0n) is 21.4. The maximum Gasteiger partial charge on any atom is 0.327 e. The van der Waals surface area contributed by atoms with Crippen LogP contribution in [0.25, 0.3) is 0 Å². The lowest BCUT2D eigenvalue weighted by atomic mass is 10.0. The summed E-state index contributed by atoms with van der Waals surface area (Å²) in [5.74, 6) is -1.99. The number of pyridine rings is 1. The van der Waals surface area contributed by atoms with Gasteiger partial charge in [-0.1, -0.05) is 44.0 Å². The number of nitrogens with one attached hydrogen (secondary N) is 3. The summed E-state index contributed by atoms with van der Waals surface area (Å²) in [5, 5.41) is 21.5. The predicted octanol–water partition coefficient (Wildman–Crippen LogP) is 3.55. The summed E-state index contributed by atoms with van der Waals surface area (Å²) in [6.07, 6.45) is 11.3. The molecule has 1 heterocycles. The molecule has 0 aliphatic heterocycles. The lowest BCUT2D eigenvalue weighted by Crippen LogP contribution is -2.43. The first-order valence-electron chi connectivity index (χ1n) is 12.9. The molecule has 5 N–H and O–H groups in total. The van der Waals surface area contributed by atoms with Crippen LogP contribution >= 0.6 is 0 Å². The molecule has 196 valence electrons. The molecule has 2 aromatic carbocycles. The molecule has 0 atom stereocenters. The van der Waals surface area contributed by atoms with Crippen LogP contribution in [0.3, 0.4) is 0 Å². The van der Waals surface area contributed by atoms with Crippen molar-refractivity contribution >= 4 is 17.5 Å². The van der Waals surface area contributed by atoms with Crippen molar-refractivity contribution < 1.29 is 24.4 Å². The Balaban J connectivity index is 1.43. The fourth-order valence-corrected chi connectivity index (χ4v) is 3.97. The van der Waals surface area contributed by atoms with Crippen LogP contribution in [-0.2, 0) is 35.4 Å². The number of nitrogens with zero attached hydrogens (tertiary/aromatic N) is 1. The number of hydrazine groups is 1. The van der Waals surface area contributed by atoms with Gasteiger partial charge in [0.15, 0.2) is 23.9 Å². The Morgan fingerprint density at radius 1 is 0.811 bits per heavy atom. The lowest BCUT2D eigenvalue weighted by Gasteiger charge is -2.13. The summed E-state index contributed by atoms with van der Waals surface area (Å²) in [7, 11) is 0. The Bertz CT molecular complexity index is 1160. The van der Waals surface area contributed by atoms with Gasteiger partial charge in [0.1, 0.15) is 6.54 Å². The Kier molecular flexibility index (Phi) is 10.8. The van der Waals surface area contributed by atoms with Gasteiger partial charge in [0.05, 0.1) is 5.69 Å². The number of aryl methyl sites for hydroxylation is 3. The van der Waals surface area contributed by atoms with Crippen LogP contribution in [0.4, 0.5) is 5.69 Å². The monoisotopic (exact) mass is 505 g/mol. The van der Waals surface area contributed by atoms with E-state index in [0.717, 1.165) is 36.2 Å². The highest BCUT2D eigenvalue weighted by Crippen LogP contribution is 2.24. The molecule has 2 amide bonds. The number of phenolic OH excluding ortho intramolecular Hbond substituents is 2. The van der Waals surface area contributed by atoms with Crippen LogP contribution in [0, 0.1) is 0 Å². The minimum absolute atomic E-state index is 0.205. The third-order valence-electron chi connectivity index (χ3n) is 6.19. The van der Waals surface area contributed by atoms with Gasteiger partial charge in [-0.2, -0.15) is 0 Å². The van der Waals surface area contributed by atoms with Gasteiger partial charge in [-0.05, 0) is 60.6 Å². The molecule has 0 bridgehead atoms. The van der Waals surface area contributed by atoms with E-state index < -0.39 is 11.8 Å². The van der Waals surface area contributed by atoms with Gasteiger partial charge >= 0.3 is 11.8 Å². The van der Waals surface area contributed by atoms with E-state index in [-0.39, 0.29) is 18.0 Å². The standard InChI is InChI=1S/C29H36N4O4/c1-2-3-4-7-18-33-19-15-22(16-20-33)10-12-24-8-5-6-9-25(24)31-32-29(37)28(36)30-17-14-23-11-13-26(34)27(35)21-23/h5-6,8-9,11,13,15-16,19-21H,2-4,7,10,12,14,17-18H2,1H3,(H4-,30,31,32,34,35,36,37)/p+1. The van der Waals surface area contributed by atoms with Gasteiger partial charge < -0.3 is 15.5 Å². The molecule has 0 saturated carbocycles. The molecule has 0 unspecified atom stereocenters. The largest absolute Gasteiger partial charge is 0.504 e. The molecule has 0 radical (unpaired) electrons. The number of rotatable bonds is 13. The molecular formula is C29H37N4O4+. The summed E-state index contributed by atoms with van der Waals surface area (Å²) in [4.78, 5) is 24.4. The second-order valence-electron chi connectivity index (χ2n) is 9.07. The van der Waals surface area contributed by atoms with E-state index in [4.69, 9.17) is 0 Å². The molecule has 0 aliphatic rings. The summed E-state index contributed by atoms with van der Waals surface area (Å²) in [6, 6.07) is 16.4. The first-order valence-corrected chi connectivity index (χ1v) is 12.9. The van der Waals surface area contributed by atoms with Gasteiger partial charge in [-0.25, -0.2) is 4.57 Å². The van der Waals surface area contributed by atoms with E-state index in [1.54, 1.807) is 6.07 Å². The maximum atomic E-state index is 12.2. The minimum atomic E-state index is -0.796. The van der Waals surface area contributed by atoms with Gasteiger partial charge in [0, 0.05) is 25.1 Å². The summed E-state index contributed by atoms with van der Waals surface area (Å²) >= 11 is 0. The van der Waals surface area contributed by atoms with Gasteiger partial charge in [0.25, 0.3) is 0 Å². The number of anilines is 1. The van der Waals surface area contributed by atoms with Gasteiger partial charge in [-0.3, -0.25) is 20.4 Å². The van der Waals surface area contributed by atoms with Crippen molar-refractivity contribution in [2.75, 3.05) is 12.0 Å². The number of hydrogen-bond acceptors (Lipinski definition) is 5. The van der Waals surface area contributed by atoms with E-state index >= 15 is 0 Å². The molecule has 0 aliphatic carbocycles. The topological polar surface area (TPSA) is 115 Å². The van der Waals surface area contributed by atoms with Crippen molar-refractivity contribution in [3.8, 4) is 11.5 Å². The van der Waals surface area contributed by atoms with Crippen molar-refractivity contribution in [1.29, 1.82) is 0 Å². The van der Waals surface area contributed by atoms with Crippen LogP contribution in [0.5, 0.6) is 11.5 Å². The fraction of sp³-hybridized carbons (Fsp3) is 0.345. The first kappa shape index (κ1) is 27.5. The van der Waals surface area contributed by atoms with E-state index in [0.29, 0.717) is 6.42 Å². The fourth-order valence-electron chi connectivity index (χ4n) is 3.97. The van der Waals surface area contributed by atoms with Crippen molar-refractivity contribution in [1.82, 2.24) is 10.7 Å². The lowest BCUT2D eigenvalue weighted by molar-refractivity contribution is -0.697. The molecular weight excluding hydrogens is 468 g/mol. The number of carbonyl (C=O) groups excluding carboxylic acids is 2. The molecule has 8 nitrogen and oxygen atoms in total. The molecule has 0 saturated heterocycles. The zero-order valence-corrected chi connectivity index (χ0v) is 21.4. The SMILES string of the molecule is CCCCCC[n+]1ccc(CCc2ccccc2NNC(=O)C(=O)NCCc2ccc(O)c(O)c2)cc1. The first-order chi connectivity index (χ1) is 18.0. The van der Waals surface area contributed by atoms with Gasteiger partial charge in [0.2, 0.25) is 0 Å². The summed E-state index contributed by atoms with van der Waals surface area (Å²) in [6.45, 7) is 3.47. The highest BCUT2D eigenvalue weighted by Gasteiger charge is 2.13. The molecule has 0 spiro atoms. The van der Waals surface area contributed by atoms with E-state index in [1.165, 1.54) is 43.4 Å². The molecule has 8 heteroatoms. The third kappa shape index (κ3) is 9.14. The van der Waals surface area contributed by atoms with Crippen LogP contribution in [0.2, 0.25) is 0 Å². The van der Waals surface area contributed by atoms with Crippen LogP contribution in [0.1, 0.15) is 49.3 Å². The second kappa shape index (κ2) is 14.5. The second-order valence-corrected chi connectivity index (χ2v) is 9.07. The van der Waals surface area contributed by atoms with Crippen molar-refractivity contribution in [2.24, 2.45) is 0 Å². The normalized spacial score (nSPS) is 10.6. The van der Waals surface area contributed by atoms with Crippen molar-refractivity contribution in [2.45, 2.75) is 58.4 Å². The van der Waals surface area contributed by atoms with E-state index in [1.807, 2.05) is 24.3 Å². The van der Waals surface area contributed by atoms with E-state index in [9.17, 15) is 19.8 Å². The minimum Gasteiger partial charge on any atom is -0.504 e. The number of hydrogen-bond donors (Lipinski definition) is 5. The molecule has 3 aromatic rings. The third-order valence-corrected chi connectivity index (χ3v) is 6.19. The molecule has 1 aromatic heterocycles. The Hall–Kier alpha value is -4.07. The number of aromatic nitrogens is 1. The molecule has 3 rings (SSSR count). The van der Waals surface area contributed by atoms with Crippen molar-refractivity contribution in [3.63, 3.8) is 0 Å². The number of unbranched alkanes of at least 4 members (excludes halogenated alkanes) is 3. The number of para-hydroxylation sites is 1. The van der Waals surface area contributed by atoms with Gasteiger partial charge in [-0.15, -0.1) is 0 Å². The average Bonchev–Trinajstić information content (AvgIpc) is 2.91. The zero-order chi connectivity index (χ0) is 26.5. The number of phenols is 2. The number of carbonyl (C=O) groups is 2. The maximum absolute atomic E-state index is 12.2. The Labute approximate surface area is 218 Å². The highest BCUT2D eigenvalue weighted by atomic mass is 16.3. The van der Waals surface area contributed by atoms with Crippen LogP contribution in [-0.4, -0.2) is 28.6 Å². The quantitative estimate of drug-likeness (QED) is 0.0801. The number of benzene rings is 2. The van der Waals surface area contributed by atoms with E-state index in [2.05, 4.69) is 52.2 Å². The smallest absolute Gasteiger partial charge is 0.327 e. The summed E-state index contributed by atoms with van der Waals surface area (Å²) < 4.78 is 2.23.